The molecule has 26 heavy (non-hydrogen) atoms. The van der Waals surface area contributed by atoms with Gasteiger partial charge in [-0.1, -0.05) is 30.3 Å². The second-order valence-corrected chi connectivity index (χ2v) is 5.98. The largest absolute Gasteiger partial charge is 0.494 e. The molecule has 0 spiro atoms. The summed E-state index contributed by atoms with van der Waals surface area (Å²) in [7, 11) is 0. The minimum Gasteiger partial charge on any atom is -0.494 e. The third-order valence-corrected chi connectivity index (χ3v) is 3.99. The smallest absolute Gasteiger partial charge is 0.224 e. The molecule has 2 aromatic carbocycles. The number of carbonyl (C=O) groups excluding carboxylic acids is 1. The quantitative estimate of drug-likeness (QED) is 0.680. The molecule has 3 aromatic rings. The number of benzene rings is 2. The first-order valence-electron chi connectivity index (χ1n) is 8.82. The predicted octanol–water partition coefficient (Wildman–Crippen LogP) is 3.17. The van der Waals surface area contributed by atoms with Crippen LogP contribution in [-0.2, 0) is 17.6 Å². The highest BCUT2D eigenvalue weighted by Gasteiger charge is 2.05. The molecule has 0 radical (unpaired) electrons. The number of ether oxygens (including phenoxy) is 1. The van der Waals surface area contributed by atoms with E-state index < -0.39 is 0 Å². The highest BCUT2D eigenvalue weighted by atomic mass is 16.5. The minimum absolute atomic E-state index is 0.0182. The van der Waals surface area contributed by atoms with Gasteiger partial charge < -0.3 is 10.1 Å². The number of para-hydroxylation sites is 1. The van der Waals surface area contributed by atoms with Crippen LogP contribution in [0.15, 0.2) is 67.0 Å². The van der Waals surface area contributed by atoms with Gasteiger partial charge in [0, 0.05) is 12.7 Å². The Balaban J connectivity index is 1.44. The highest BCUT2D eigenvalue weighted by molar-refractivity contribution is 5.78. The summed E-state index contributed by atoms with van der Waals surface area (Å²) in [6.07, 6.45) is 4.96. The first-order chi connectivity index (χ1) is 12.7. The lowest BCUT2D eigenvalue weighted by Crippen LogP contribution is -2.27. The highest BCUT2D eigenvalue weighted by Crippen LogP contribution is 2.12. The summed E-state index contributed by atoms with van der Waals surface area (Å²) in [6, 6.07) is 17.6. The maximum absolute atomic E-state index is 12.1. The lowest BCUT2D eigenvalue weighted by molar-refractivity contribution is -0.120. The fourth-order valence-corrected chi connectivity index (χ4v) is 2.68. The Morgan fingerprint density at radius 2 is 1.85 bits per heavy atom. The lowest BCUT2D eigenvalue weighted by Gasteiger charge is -2.06. The van der Waals surface area contributed by atoms with Gasteiger partial charge in [-0.2, -0.15) is 5.10 Å². The molecule has 0 saturated heterocycles. The van der Waals surface area contributed by atoms with Crippen LogP contribution in [0.3, 0.4) is 0 Å². The summed E-state index contributed by atoms with van der Waals surface area (Å²) in [5.74, 6) is 0.844. The predicted molar refractivity (Wildman–Crippen MR) is 102 cm³/mol. The van der Waals surface area contributed by atoms with E-state index in [1.54, 1.807) is 0 Å². The molecule has 0 saturated carbocycles. The molecule has 1 aromatic heterocycles. The van der Waals surface area contributed by atoms with E-state index in [1.807, 2.05) is 78.6 Å². The number of hydrogen-bond acceptors (Lipinski definition) is 3. The Kier molecular flexibility index (Phi) is 6.04. The molecule has 134 valence electrons. The number of amides is 1. The van der Waals surface area contributed by atoms with Crippen molar-refractivity contribution in [3.63, 3.8) is 0 Å². The molecular weight excluding hydrogens is 326 g/mol. The van der Waals surface area contributed by atoms with Crippen LogP contribution in [0.25, 0.3) is 5.69 Å². The Morgan fingerprint density at radius 1 is 1.08 bits per heavy atom. The van der Waals surface area contributed by atoms with Crippen molar-refractivity contribution >= 4 is 5.91 Å². The molecule has 0 aliphatic rings. The number of hydrogen-bond donors (Lipinski definition) is 1. The van der Waals surface area contributed by atoms with Crippen LogP contribution in [0.4, 0.5) is 0 Å². The monoisotopic (exact) mass is 349 g/mol. The van der Waals surface area contributed by atoms with Crippen molar-refractivity contribution in [2.24, 2.45) is 0 Å². The summed E-state index contributed by atoms with van der Waals surface area (Å²) in [5.41, 5.74) is 3.09. The molecule has 0 aliphatic carbocycles. The molecule has 0 atom stereocenters. The average molecular weight is 349 g/mol. The van der Waals surface area contributed by atoms with E-state index in [1.165, 1.54) is 0 Å². The summed E-state index contributed by atoms with van der Waals surface area (Å²) < 4.78 is 7.25. The van der Waals surface area contributed by atoms with Gasteiger partial charge in [0.05, 0.1) is 24.9 Å². The Labute approximate surface area is 153 Å². The zero-order valence-corrected chi connectivity index (χ0v) is 14.9. The third-order valence-electron chi connectivity index (χ3n) is 3.99. The Bertz CT molecular complexity index is 826. The van der Waals surface area contributed by atoms with Crippen LogP contribution in [0.1, 0.15) is 18.1 Å². The summed E-state index contributed by atoms with van der Waals surface area (Å²) in [6.45, 7) is 3.18. The van der Waals surface area contributed by atoms with Crippen molar-refractivity contribution < 1.29 is 9.53 Å². The van der Waals surface area contributed by atoms with E-state index in [2.05, 4.69) is 10.4 Å². The van der Waals surface area contributed by atoms with E-state index in [9.17, 15) is 4.79 Å². The van der Waals surface area contributed by atoms with Gasteiger partial charge >= 0.3 is 0 Å². The van der Waals surface area contributed by atoms with Gasteiger partial charge in [-0.15, -0.1) is 0 Å². The second kappa shape index (κ2) is 8.85. The van der Waals surface area contributed by atoms with Crippen molar-refractivity contribution in [3.05, 3.63) is 78.1 Å². The number of nitrogens with one attached hydrogen (secondary N) is 1. The molecule has 5 nitrogen and oxygen atoms in total. The fraction of sp³-hybridized carbons (Fsp3) is 0.238. The SMILES string of the molecule is CCOc1ccc(CC(=O)NCCc2cnn(-c3ccccc3)c2)cc1. The zero-order valence-electron chi connectivity index (χ0n) is 14.9. The summed E-state index contributed by atoms with van der Waals surface area (Å²) >= 11 is 0. The van der Waals surface area contributed by atoms with Crippen LogP contribution < -0.4 is 10.1 Å². The lowest BCUT2D eigenvalue weighted by atomic mass is 10.1. The molecule has 0 unspecified atom stereocenters. The number of carbonyl (C=O) groups is 1. The standard InChI is InChI=1S/C21H23N3O2/c1-2-26-20-10-8-17(9-11-20)14-21(25)22-13-12-18-15-23-24(16-18)19-6-4-3-5-7-19/h3-11,15-16H,2,12-14H2,1H3,(H,22,25). The van der Waals surface area contributed by atoms with Crippen molar-refractivity contribution in [3.8, 4) is 11.4 Å². The fourth-order valence-electron chi connectivity index (χ4n) is 2.68. The van der Waals surface area contributed by atoms with Gasteiger partial charge in [0.15, 0.2) is 0 Å². The van der Waals surface area contributed by atoms with Crippen molar-refractivity contribution in [1.82, 2.24) is 15.1 Å². The van der Waals surface area contributed by atoms with Crippen LogP contribution in [0, 0.1) is 0 Å². The van der Waals surface area contributed by atoms with Gasteiger partial charge in [-0.3, -0.25) is 4.79 Å². The van der Waals surface area contributed by atoms with Gasteiger partial charge in [0.2, 0.25) is 5.91 Å². The second-order valence-electron chi connectivity index (χ2n) is 5.98. The van der Waals surface area contributed by atoms with Crippen LogP contribution in [0.5, 0.6) is 5.75 Å². The first-order valence-corrected chi connectivity index (χ1v) is 8.82. The summed E-state index contributed by atoms with van der Waals surface area (Å²) in [5, 5.41) is 7.33. The van der Waals surface area contributed by atoms with Gasteiger partial charge in [0.25, 0.3) is 0 Å². The molecule has 5 heteroatoms. The van der Waals surface area contributed by atoms with Crippen LogP contribution in [-0.4, -0.2) is 28.8 Å². The molecular formula is C21H23N3O2. The number of rotatable bonds is 8. The number of aromatic nitrogens is 2. The molecule has 0 fully saturated rings. The van der Waals surface area contributed by atoms with Gasteiger partial charge in [0.1, 0.15) is 5.75 Å². The zero-order chi connectivity index (χ0) is 18.2. The normalized spacial score (nSPS) is 10.5. The van der Waals surface area contributed by atoms with Crippen molar-refractivity contribution in [2.45, 2.75) is 19.8 Å². The average Bonchev–Trinajstić information content (AvgIpc) is 3.13. The molecule has 1 N–H and O–H groups in total. The van der Waals surface area contributed by atoms with E-state index in [-0.39, 0.29) is 5.91 Å². The van der Waals surface area contributed by atoms with Crippen molar-refractivity contribution in [2.75, 3.05) is 13.2 Å². The van der Waals surface area contributed by atoms with Crippen molar-refractivity contribution in [1.29, 1.82) is 0 Å². The Hall–Kier alpha value is -3.08. The van der Waals surface area contributed by atoms with Gasteiger partial charge in [-0.25, -0.2) is 4.68 Å². The summed E-state index contributed by atoms with van der Waals surface area (Å²) in [4.78, 5) is 12.1. The van der Waals surface area contributed by atoms with Crippen LogP contribution >= 0.6 is 0 Å². The van der Waals surface area contributed by atoms with E-state index in [0.29, 0.717) is 19.6 Å². The third kappa shape index (κ3) is 4.96. The van der Waals surface area contributed by atoms with Gasteiger partial charge in [-0.05, 0) is 48.7 Å². The molecule has 0 bridgehead atoms. The molecule has 0 aliphatic heterocycles. The minimum atomic E-state index is 0.0182. The maximum atomic E-state index is 12.1. The molecule has 1 amide bonds. The molecule has 3 rings (SSSR count). The van der Waals surface area contributed by atoms with E-state index in [0.717, 1.165) is 29.0 Å². The van der Waals surface area contributed by atoms with E-state index in [4.69, 9.17) is 4.74 Å². The molecule has 1 heterocycles. The topological polar surface area (TPSA) is 56.1 Å². The van der Waals surface area contributed by atoms with Crippen LogP contribution in [0.2, 0.25) is 0 Å². The number of nitrogens with zero attached hydrogens (tertiary/aromatic N) is 2. The van der Waals surface area contributed by atoms with E-state index >= 15 is 0 Å². The first kappa shape index (κ1) is 17.7. The maximum Gasteiger partial charge on any atom is 0.224 e. The Morgan fingerprint density at radius 3 is 2.58 bits per heavy atom.